The van der Waals surface area contributed by atoms with Crippen molar-refractivity contribution in [3.8, 4) is 11.5 Å². The standard InChI is InChI=1S/C18H19BrN2O4/c1-11-5-4-6-12(2)17(11)25-10-16(22)20-21-18(23)13-7-8-15(24-3)14(19)9-13/h4-9H,10H2,1-3H3,(H,20,22)(H,21,23). The number of halogens is 1. The lowest BCUT2D eigenvalue weighted by molar-refractivity contribution is -0.123. The van der Waals surface area contributed by atoms with Crippen LogP contribution in [0.3, 0.4) is 0 Å². The van der Waals surface area contributed by atoms with E-state index in [0.717, 1.165) is 11.1 Å². The topological polar surface area (TPSA) is 76.7 Å². The van der Waals surface area contributed by atoms with E-state index in [-0.39, 0.29) is 6.61 Å². The zero-order chi connectivity index (χ0) is 18.4. The minimum Gasteiger partial charge on any atom is -0.496 e. The van der Waals surface area contributed by atoms with Crippen molar-refractivity contribution in [2.24, 2.45) is 0 Å². The predicted molar refractivity (Wildman–Crippen MR) is 97.7 cm³/mol. The van der Waals surface area contributed by atoms with Crippen molar-refractivity contribution in [1.82, 2.24) is 10.9 Å². The number of amides is 2. The van der Waals surface area contributed by atoms with Gasteiger partial charge in [0.05, 0.1) is 11.6 Å². The molecule has 7 heteroatoms. The maximum Gasteiger partial charge on any atom is 0.276 e. The van der Waals surface area contributed by atoms with Gasteiger partial charge in [0, 0.05) is 5.56 Å². The first-order chi connectivity index (χ1) is 11.9. The molecule has 0 aliphatic rings. The van der Waals surface area contributed by atoms with Crippen LogP contribution >= 0.6 is 15.9 Å². The highest BCUT2D eigenvalue weighted by atomic mass is 79.9. The number of carbonyl (C=O) groups excluding carboxylic acids is 2. The summed E-state index contributed by atoms with van der Waals surface area (Å²) in [6.07, 6.45) is 0. The molecule has 2 aromatic rings. The van der Waals surface area contributed by atoms with Crippen LogP contribution in [0.25, 0.3) is 0 Å². The molecule has 25 heavy (non-hydrogen) atoms. The van der Waals surface area contributed by atoms with Crippen LogP contribution in [-0.4, -0.2) is 25.5 Å². The van der Waals surface area contributed by atoms with E-state index in [0.29, 0.717) is 21.5 Å². The van der Waals surface area contributed by atoms with Crippen molar-refractivity contribution < 1.29 is 19.1 Å². The number of hydrogen-bond acceptors (Lipinski definition) is 4. The van der Waals surface area contributed by atoms with Crippen LogP contribution in [0.2, 0.25) is 0 Å². The lowest BCUT2D eigenvalue weighted by Gasteiger charge is -2.12. The fourth-order valence-corrected chi connectivity index (χ4v) is 2.75. The van der Waals surface area contributed by atoms with E-state index >= 15 is 0 Å². The second-order valence-electron chi connectivity index (χ2n) is 5.36. The van der Waals surface area contributed by atoms with Crippen LogP contribution in [0.5, 0.6) is 11.5 Å². The molecule has 6 nitrogen and oxygen atoms in total. The van der Waals surface area contributed by atoms with Gasteiger partial charge in [0.1, 0.15) is 11.5 Å². The van der Waals surface area contributed by atoms with Gasteiger partial charge in [-0.3, -0.25) is 20.4 Å². The Balaban J connectivity index is 1.87. The average molecular weight is 407 g/mol. The monoisotopic (exact) mass is 406 g/mol. The molecule has 2 N–H and O–H groups in total. The third-order valence-corrected chi connectivity index (χ3v) is 4.11. The highest BCUT2D eigenvalue weighted by molar-refractivity contribution is 9.10. The summed E-state index contributed by atoms with van der Waals surface area (Å²) in [7, 11) is 1.54. The summed E-state index contributed by atoms with van der Waals surface area (Å²) >= 11 is 3.31. The van der Waals surface area contributed by atoms with Crippen LogP contribution in [-0.2, 0) is 4.79 Å². The number of methoxy groups -OCH3 is 1. The zero-order valence-electron chi connectivity index (χ0n) is 14.2. The van der Waals surface area contributed by atoms with E-state index in [9.17, 15) is 9.59 Å². The quantitative estimate of drug-likeness (QED) is 0.748. The third-order valence-electron chi connectivity index (χ3n) is 3.49. The first-order valence-corrected chi connectivity index (χ1v) is 8.33. The number of hydrazine groups is 1. The molecule has 0 atom stereocenters. The van der Waals surface area contributed by atoms with E-state index in [1.54, 1.807) is 18.2 Å². The molecule has 2 aromatic carbocycles. The number of para-hydroxylation sites is 1. The molecule has 0 fully saturated rings. The molecular formula is C18H19BrN2O4. The Morgan fingerprint density at radius 3 is 2.36 bits per heavy atom. The number of aryl methyl sites for hydroxylation is 2. The van der Waals surface area contributed by atoms with Gasteiger partial charge in [-0.25, -0.2) is 0 Å². The van der Waals surface area contributed by atoms with Gasteiger partial charge in [0.2, 0.25) is 0 Å². The lowest BCUT2D eigenvalue weighted by atomic mass is 10.1. The molecule has 0 aliphatic heterocycles. The van der Waals surface area contributed by atoms with Gasteiger partial charge in [-0.2, -0.15) is 0 Å². The molecule has 0 saturated carbocycles. The largest absolute Gasteiger partial charge is 0.496 e. The zero-order valence-corrected chi connectivity index (χ0v) is 15.8. The van der Waals surface area contributed by atoms with Gasteiger partial charge in [-0.05, 0) is 59.1 Å². The highest BCUT2D eigenvalue weighted by Crippen LogP contribution is 2.25. The van der Waals surface area contributed by atoms with Crippen LogP contribution < -0.4 is 20.3 Å². The van der Waals surface area contributed by atoms with Crippen LogP contribution in [0, 0.1) is 13.8 Å². The maximum absolute atomic E-state index is 12.1. The molecule has 0 bridgehead atoms. The van der Waals surface area contributed by atoms with Crippen LogP contribution in [0.15, 0.2) is 40.9 Å². The van der Waals surface area contributed by atoms with Crippen molar-refractivity contribution in [1.29, 1.82) is 0 Å². The number of carbonyl (C=O) groups is 2. The lowest BCUT2D eigenvalue weighted by Crippen LogP contribution is -2.43. The summed E-state index contributed by atoms with van der Waals surface area (Å²) in [6, 6.07) is 10.6. The minimum atomic E-state index is -0.455. The van der Waals surface area contributed by atoms with Crippen LogP contribution in [0.1, 0.15) is 21.5 Å². The first-order valence-electron chi connectivity index (χ1n) is 7.54. The van der Waals surface area contributed by atoms with E-state index in [1.807, 2.05) is 32.0 Å². The second kappa shape index (κ2) is 8.53. The molecule has 0 aliphatic carbocycles. The summed E-state index contributed by atoms with van der Waals surface area (Å²) in [6.45, 7) is 3.62. The highest BCUT2D eigenvalue weighted by Gasteiger charge is 2.11. The Morgan fingerprint density at radius 1 is 1.08 bits per heavy atom. The molecule has 0 aromatic heterocycles. The van der Waals surface area contributed by atoms with E-state index < -0.39 is 11.8 Å². The van der Waals surface area contributed by atoms with Crippen molar-refractivity contribution in [2.75, 3.05) is 13.7 Å². The molecule has 0 radical (unpaired) electrons. The summed E-state index contributed by atoms with van der Waals surface area (Å²) in [5, 5.41) is 0. The number of nitrogens with one attached hydrogen (secondary N) is 2. The summed E-state index contributed by atoms with van der Waals surface area (Å²) in [5.74, 6) is 0.387. The first kappa shape index (κ1) is 18.8. The smallest absolute Gasteiger partial charge is 0.276 e. The van der Waals surface area contributed by atoms with E-state index in [2.05, 4.69) is 26.8 Å². The Labute approximate surface area is 154 Å². The summed E-state index contributed by atoms with van der Waals surface area (Å²) in [4.78, 5) is 23.9. The Morgan fingerprint density at radius 2 is 1.76 bits per heavy atom. The normalized spacial score (nSPS) is 10.1. The number of rotatable bonds is 5. The molecule has 0 spiro atoms. The van der Waals surface area contributed by atoms with Gasteiger partial charge < -0.3 is 9.47 Å². The number of benzene rings is 2. The van der Waals surface area contributed by atoms with Gasteiger partial charge in [0.15, 0.2) is 6.61 Å². The number of hydrogen-bond donors (Lipinski definition) is 2. The number of ether oxygens (including phenoxy) is 2. The third kappa shape index (κ3) is 4.96. The van der Waals surface area contributed by atoms with Gasteiger partial charge >= 0.3 is 0 Å². The van der Waals surface area contributed by atoms with Crippen molar-refractivity contribution in [3.63, 3.8) is 0 Å². The van der Waals surface area contributed by atoms with Crippen LogP contribution in [0.4, 0.5) is 0 Å². The van der Waals surface area contributed by atoms with Crippen molar-refractivity contribution in [2.45, 2.75) is 13.8 Å². The molecule has 0 unspecified atom stereocenters. The Bertz CT molecular complexity index is 772. The average Bonchev–Trinajstić information content (AvgIpc) is 2.59. The fraction of sp³-hybridized carbons (Fsp3) is 0.222. The summed E-state index contributed by atoms with van der Waals surface area (Å²) in [5.41, 5.74) is 6.94. The second-order valence-corrected chi connectivity index (χ2v) is 6.22. The maximum atomic E-state index is 12.1. The van der Waals surface area contributed by atoms with Gasteiger partial charge in [-0.15, -0.1) is 0 Å². The van der Waals surface area contributed by atoms with Crippen molar-refractivity contribution in [3.05, 3.63) is 57.6 Å². The molecule has 0 heterocycles. The molecule has 2 rings (SSSR count). The Hall–Kier alpha value is -2.54. The van der Waals surface area contributed by atoms with Crippen molar-refractivity contribution >= 4 is 27.7 Å². The predicted octanol–water partition coefficient (Wildman–Crippen LogP) is 2.91. The fourth-order valence-electron chi connectivity index (χ4n) is 2.21. The van der Waals surface area contributed by atoms with E-state index in [4.69, 9.17) is 9.47 Å². The summed E-state index contributed by atoms with van der Waals surface area (Å²) < 4.78 is 11.3. The Kier molecular flexibility index (Phi) is 6.41. The molecular weight excluding hydrogens is 388 g/mol. The van der Waals surface area contributed by atoms with Gasteiger partial charge in [-0.1, -0.05) is 18.2 Å². The van der Waals surface area contributed by atoms with Gasteiger partial charge in [0.25, 0.3) is 11.8 Å². The molecule has 0 saturated heterocycles. The van der Waals surface area contributed by atoms with E-state index in [1.165, 1.54) is 7.11 Å². The molecule has 132 valence electrons. The SMILES string of the molecule is COc1ccc(C(=O)NNC(=O)COc2c(C)cccc2C)cc1Br. The molecule has 2 amide bonds. The minimum absolute atomic E-state index is 0.196.